The minimum Gasteiger partial charge on any atom is -0.274 e. The van der Waals surface area contributed by atoms with Crippen LogP contribution in [0.3, 0.4) is 0 Å². The fraction of sp³-hybridized carbons (Fsp3) is 0.200. The van der Waals surface area contributed by atoms with Crippen LogP contribution in [0.4, 0.5) is 5.69 Å². The zero-order valence-electron chi connectivity index (χ0n) is 8.93. The lowest BCUT2D eigenvalue weighted by Crippen LogP contribution is -2.15. The van der Waals surface area contributed by atoms with Crippen molar-refractivity contribution in [3.63, 3.8) is 0 Å². The first kappa shape index (κ1) is 11.8. The average Bonchev–Trinajstić information content (AvgIpc) is 2.26. The van der Waals surface area contributed by atoms with E-state index < -0.39 is 4.92 Å². The van der Waals surface area contributed by atoms with Crippen molar-refractivity contribution in [2.24, 2.45) is 5.10 Å². The molecule has 0 fully saturated rings. The largest absolute Gasteiger partial charge is 0.274 e. The van der Waals surface area contributed by atoms with Gasteiger partial charge in [-0.15, -0.1) is 0 Å². The Morgan fingerprint density at radius 1 is 1.44 bits per heavy atom. The molecular weight excluding hydrogens is 210 g/mol. The Morgan fingerprint density at radius 3 is 2.69 bits per heavy atom. The summed E-state index contributed by atoms with van der Waals surface area (Å²) in [5.41, 5.74) is 3.38. The van der Waals surface area contributed by atoms with E-state index in [2.05, 4.69) is 10.5 Å². The number of amides is 1. The number of benzene rings is 1. The van der Waals surface area contributed by atoms with Gasteiger partial charge in [0.25, 0.3) is 5.69 Å². The van der Waals surface area contributed by atoms with Gasteiger partial charge >= 0.3 is 0 Å². The number of nitro groups is 1. The Kier molecular flexibility index (Phi) is 3.71. The van der Waals surface area contributed by atoms with Crippen LogP contribution < -0.4 is 5.43 Å². The number of carbonyl (C=O) groups is 1. The smallest absolute Gasteiger partial charge is 0.270 e. The Morgan fingerprint density at radius 2 is 2.12 bits per heavy atom. The van der Waals surface area contributed by atoms with Crippen LogP contribution in [0.1, 0.15) is 19.4 Å². The summed E-state index contributed by atoms with van der Waals surface area (Å²) in [4.78, 5) is 20.7. The molecule has 0 saturated carbocycles. The maximum absolute atomic E-state index is 10.6. The Balaban J connectivity index is 2.95. The van der Waals surface area contributed by atoms with Crippen LogP contribution in [0.2, 0.25) is 0 Å². The maximum atomic E-state index is 10.6. The molecule has 84 valence electrons. The molecule has 0 spiro atoms. The molecule has 1 aromatic rings. The highest BCUT2D eigenvalue weighted by molar-refractivity contribution is 5.99. The Bertz CT molecular complexity index is 454. The third kappa shape index (κ3) is 3.16. The zero-order chi connectivity index (χ0) is 12.1. The number of hydrazone groups is 1. The van der Waals surface area contributed by atoms with Gasteiger partial charge in [0.15, 0.2) is 0 Å². The molecule has 0 saturated heterocycles. The van der Waals surface area contributed by atoms with E-state index in [1.165, 1.54) is 19.1 Å². The molecular formula is C10H11N3O3. The molecule has 0 aliphatic rings. The third-order valence-electron chi connectivity index (χ3n) is 1.86. The second-order valence-corrected chi connectivity index (χ2v) is 3.17. The van der Waals surface area contributed by atoms with E-state index in [-0.39, 0.29) is 11.6 Å². The van der Waals surface area contributed by atoms with Crippen LogP contribution in [0.15, 0.2) is 29.4 Å². The van der Waals surface area contributed by atoms with E-state index in [9.17, 15) is 14.9 Å². The predicted molar refractivity (Wildman–Crippen MR) is 59.1 cm³/mol. The molecule has 0 aromatic heterocycles. The van der Waals surface area contributed by atoms with Gasteiger partial charge in [0.2, 0.25) is 5.91 Å². The molecule has 6 nitrogen and oxygen atoms in total. The van der Waals surface area contributed by atoms with E-state index in [0.717, 1.165) is 0 Å². The lowest BCUT2D eigenvalue weighted by atomic mass is 10.1. The fourth-order valence-electron chi connectivity index (χ4n) is 1.07. The van der Waals surface area contributed by atoms with Crippen molar-refractivity contribution in [1.29, 1.82) is 0 Å². The molecule has 16 heavy (non-hydrogen) atoms. The number of carbonyl (C=O) groups excluding carboxylic acids is 1. The van der Waals surface area contributed by atoms with Gasteiger partial charge in [-0.25, -0.2) is 5.43 Å². The van der Waals surface area contributed by atoms with Gasteiger partial charge in [0.05, 0.1) is 10.6 Å². The summed E-state index contributed by atoms with van der Waals surface area (Å²) >= 11 is 0. The number of non-ortho nitro benzene ring substituents is 1. The van der Waals surface area contributed by atoms with Gasteiger partial charge in [-0.1, -0.05) is 12.1 Å². The summed E-state index contributed by atoms with van der Waals surface area (Å²) < 4.78 is 0. The van der Waals surface area contributed by atoms with Gasteiger partial charge in [0, 0.05) is 24.6 Å². The molecule has 0 bridgehead atoms. The van der Waals surface area contributed by atoms with E-state index in [0.29, 0.717) is 11.3 Å². The monoisotopic (exact) mass is 221 g/mol. The Labute approximate surface area is 92.1 Å². The number of hydrogen-bond acceptors (Lipinski definition) is 4. The number of rotatable bonds is 3. The highest BCUT2D eigenvalue weighted by Gasteiger charge is 2.07. The maximum Gasteiger partial charge on any atom is 0.270 e. The normalized spacial score (nSPS) is 11.0. The van der Waals surface area contributed by atoms with Crippen LogP contribution in [-0.4, -0.2) is 16.5 Å². The summed E-state index contributed by atoms with van der Waals surface area (Å²) in [5, 5.41) is 14.3. The van der Waals surface area contributed by atoms with E-state index in [1.54, 1.807) is 19.1 Å². The lowest BCUT2D eigenvalue weighted by Gasteiger charge is -2.00. The first-order valence-corrected chi connectivity index (χ1v) is 4.56. The highest BCUT2D eigenvalue weighted by Crippen LogP contribution is 2.13. The van der Waals surface area contributed by atoms with E-state index in [4.69, 9.17) is 0 Å². The summed E-state index contributed by atoms with van der Waals surface area (Å²) in [6.07, 6.45) is 0. The van der Waals surface area contributed by atoms with Gasteiger partial charge in [-0.05, 0) is 6.92 Å². The summed E-state index contributed by atoms with van der Waals surface area (Å²) in [6, 6.07) is 6.06. The van der Waals surface area contributed by atoms with Crippen molar-refractivity contribution in [3.8, 4) is 0 Å². The molecule has 0 aliphatic heterocycles. The second-order valence-electron chi connectivity index (χ2n) is 3.17. The molecule has 6 heteroatoms. The summed E-state index contributed by atoms with van der Waals surface area (Å²) in [6.45, 7) is 3.00. The SMILES string of the molecule is CC(=O)NN=C(C)c1cccc([N+](=O)[O-])c1. The first-order valence-electron chi connectivity index (χ1n) is 4.56. The molecule has 0 aliphatic carbocycles. The summed E-state index contributed by atoms with van der Waals surface area (Å²) in [5.74, 6) is -0.287. The number of nitro benzene ring substituents is 1. The Hall–Kier alpha value is -2.24. The molecule has 1 amide bonds. The lowest BCUT2D eigenvalue weighted by molar-refractivity contribution is -0.384. The van der Waals surface area contributed by atoms with Crippen LogP contribution >= 0.6 is 0 Å². The van der Waals surface area contributed by atoms with Gasteiger partial charge in [-0.2, -0.15) is 5.10 Å². The quantitative estimate of drug-likeness (QED) is 0.476. The van der Waals surface area contributed by atoms with Gasteiger partial charge in [-0.3, -0.25) is 14.9 Å². The van der Waals surface area contributed by atoms with Crippen LogP contribution in [-0.2, 0) is 4.79 Å². The zero-order valence-corrected chi connectivity index (χ0v) is 8.93. The third-order valence-corrected chi connectivity index (χ3v) is 1.86. The molecule has 1 aromatic carbocycles. The minimum atomic E-state index is -0.477. The molecule has 0 heterocycles. The number of nitrogens with one attached hydrogen (secondary N) is 1. The molecule has 1 N–H and O–H groups in total. The second kappa shape index (κ2) is 5.01. The minimum absolute atomic E-state index is 0.00475. The molecule has 1 rings (SSSR count). The number of hydrogen-bond donors (Lipinski definition) is 1. The standard InChI is InChI=1S/C10H11N3O3/c1-7(11-12-8(2)14)9-4-3-5-10(6-9)13(15)16/h3-6H,1-2H3,(H,12,14). The number of nitrogens with zero attached hydrogens (tertiary/aromatic N) is 2. The van der Waals surface area contributed by atoms with Crippen molar-refractivity contribution < 1.29 is 9.72 Å². The van der Waals surface area contributed by atoms with Gasteiger partial charge in [0.1, 0.15) is 0 Å². The van der Waals surface area contributed by atoms with Crippen molar-refractivity contribution in [1.82, 2.24) is 5.43 Å². The van der Waals surface area contributed by atoms with Crippen LogP contribution in [0.25, 0.3) is 0 Å². The van der Waals surface area contributed by atoms with Gasteiger partial charge < -0.3 is 0 Å². The van der Waals surface area contributed by atoms with Crippen molar-refractivity contribution in [2.75, 3.05) is 0 Å². The first-order chi connectivity index (χ1) is 7.50. The van der Waals surface area contributed by atoms with Crippen LogP contribution in [0.5, 0.6) is 0 Å². The highest BCUT2D eigenvalue weighted by atomic mass is 16.6. The van der Waals surface area contributed by atoms with Crippen molar-refractivity contribution >= 4 is 17.3 Å². The molecule has 0 atom stereocenters. The summed E-state index contributed by atoms with van der Waals surface area (Å²) in [7, 11) is 0. The topological polar surface area (TPSA) is 84.6 Å². The van der Waals surface area contributed by atoms with E-state index >= 15 is 0 Å². The molecule has 0 radical (unpaired) electrons. The van der Waals surface area contributed by atoms with Crippen LogP contribution in [0, 0.1) is 10.1 Å². The van der Waals surface area contributed by atoms with Crippen molar-refractivity contribution in [2.45, 2.75) is 13.8 Å². The average molecular weight is 221 g/mol. The fourth-order valence-corrected chi connectivity index (χ4v) is 1.07. The molecule has 0 unspecified atom stereocenters. The van der Waals surface area contributed by atoms with E-state index in [1.807, 2.05) is 0 Å². The van der Waals surface area contributed by atoms with Crippen molar-refractivity contribution in [3.05, 3.63) is 39.9 Å². The predicted octanol–water partition coefficient (Wildman–Crippen LogP) is 1.45.